The van der Waals surface area contributed by atoms with Gasteiger partial charge in [0.15, 0.2) is 0 Å². The molecular formula is C11H12Br2ClNO. The Morgan fingerprint density at radius 2 is 2.25 bits per heavy atom. The molecule has 1 atom stereocenters. The summed E-state index contributed by atoms with van der Waals surface area (Å²) in [5, 5.41) is 3.38. The van der Waals surface area contributed by atoms with Crippen LogP contribution < -0.4 is 5.32 Å². The van der Waals surface area contributed by atoms with Crippen LogP contribution in [0.25, 0.3) is 0 Å². The molecule has 1 N–H and O–H groups in total. The van der Waals surface area contributed by atoms with E-state index in [1.54, 1.807) is 18.2 Å². The molecule has 0 aliphatic heterocycles. The molecule has 5 heteroatoms. The van der Waals surface area contributed by atoms with E-state index in [0.717, 1.165) is 10.9 Å². The molecule has 0 radical (unpaired) electrons. The lowest BCUT2D eigenvalue weighted by Gasteiger charge is -2.09. The first-order chi connectivity index (χ1) is 7.54. The van der Waals surface area contributed by atoms with E-state index in [4.69, 9.17) is 11.6 Å². The van der Waals surface area contributed by atoms with E-state index in [-0.39, 0.29) is 5.91 Å². The maximum atomic E-state index is 11.7. The van der Waals surface area contributed by atoms with Gasteiger partial charge in [-0.05, 0) is 40.5 Å². The Labute approximate surface area is 117 Å². The normalized spacial score (nSPS) is 12.2. The van der Waals surface area contributed by atoms with Crippen LogP contribution in [0.4, 0.5) is 0 Å². The van der Waals surface area contributed by atoms with Gasteiger partial charge >= 0.3 is 0 Å². The molecule has 1 unspecified atom stereocenters. The second-order valence-corrected chi connectivity index (χ2v) is 5.90. The van der Waals surface area contributed by atoms with Gasteiger partial charge in [0, 0.05) is 21.4 Å². The Bertz CT molecular complexity index is 384. The molecule has 1 aromatic carbocycles. The number of carbonyl (C=O) groups is 1. The van der Waals surface area contributed by atoms with Gasteiger partial charge in [0.05, 0.1) is 5.02 Å². The Balaban J connectivity index is 2.63. The summed E-state index contributed by atoms with van der Waals surface area (Å²) >= 11 is 12.6. The predicted octanol–water partition coefficient (Wildman–Crippen LogP) is 4.01. The molecular weight excluding hydrogens is 357 g/mol. The molecule has 0 spiro atoms. The average molecular weight is 369 g/mol. The molecule has 0 aliphatic carbocycles. The van der Waals surface area contributed by atoms with Gasteiger partial charge in [-0.25, -0.2) is 0 Å². The minimum Gasteiger partial charge on any atom is -0.351 e. The van der Waals surface area contributed by atoms with Gasteiger partial charge < -0.3 is 5.32 Å². The fourth-order valence-electron chi connectivity index (χ4n) is 1.09. The highest BCUT2D eigenvalue weighted by Crippen LogP contribution is 2.23. The molecule has 0 saturated heterocycles. The SMILES string of the molecule is CCC(Br)CNC(=O)c1ccc(Br)c(Cl)c1. The minimum absolute atomic E-state index is 0.104. The Kier molecular flexibility index (Phi) is 5.79. The van der Waals surface area contributed by atoms with Crippen LogP contribution in [0.2, 0.25) is 5.02 Å². The number of hydrogen-bond donors (Lipinski definition) is 1. The van der Waals surface area contributed by atoms with E-state index in [1.165, 1.54) is 0 Å². The van der Waals surface area contributed by atoms with Crippen LogP contribution in [-0.4, -0.2) is 17.3 Å². The second kappa shape index (κ2) is 6.62. The van der Waals surface area contributed by atoms with Crippen LogP contribution in [0.5, 0.6) is 0 Å². The quantitative estimate of drug-likeness (QED) is 0.799. The number of benzene rings is 1. The largest absolute Gasteiger partial charge is 0.351 e. The van der Waals surface area contributed by atoms with Gasteiger partial charge in [-0.15, -0.1) is 0 Å². The third kappa shape index (κ3) is 4.07. The Morgan fingerprint density at radius 3 is 2.81 bits per heavy atom. The molecule has 16 heavy (non-hydrogen) atoms. The number of alkyl halides is 1. The van der Waals surface area contributed by atoms with Crippen molar-refractivity contribution in [2.75, 3.05) is 6.54 Å². The van der Waals surface area contributed by atoms with Crippen LogP contribution >= 0.6 is 43.5 Å². The minimum atomic E-state index is -0.104. The lowest BCUT2D eigenvalue weighted by Crippen LogP contribution is -2.29. The smallest absolute Gasteiger partial charge is 0.251 e. The van der Waals surface area contributed by atoms with Gasteiger partial charge in [0.1, 0.15) is 0 Å². The predicted molar refractivity (Wildman–Crippen MR) is 74.5 cm³/mol. The highest BCUT2D eigenvalue weighted by atomic mass is 79.9. The fraction of sp³-hybridized carbons (Fsp3) is 0.364. The molecule has 1 aromatic rings. The summed E-state index contributed by atoms with van der Waals surface area (Å²) in [5.74, 6) is -0.104. The third-order valence-electron chi connectivity index (χ3n) is 2.11. The molecule has 0 fully saturated rings. The first-order valence-electron chi connectivity index (χ1n) is 4.92. The molecule has 2 nitrogen and oxygen atoms in total. The Hall–Kier alpha value is -0.0600. The van der Waals surface area contributed by atoms with Crippen LogP contribution in [0.3, 0.4) is 0 Å². The van der Waals surface area contributed by atoms with Crippen LogP contribution in [-0.2, 0) is 0 Å². The van der Waals surface area contributed by atoms with Gasteiger partial charge in [-0.3, -0.25) is 4.79 Å². The summed E-state index contributed by atoms with van der Waals surface area (Å²) in [6, 6.07) is 5.15. The van der Waals surface area contributed by atoms with E-state index in [9.17, 15) is 4.79 Å². The summed E-state index contributed by atoms with van der Waals surface area (Å²) in [6.07, 6.45) is 0.974. The van der Waals surface area contributed by atoms with Crippen molar-refractivity contribution in [3.8, 4) is 0 Å². The van der Waals surface area contributed by atoms with Gasteiger partial charge in [-0.1, -0.05) is 34.5 Å². The van der Waals surface area contributed by atoms with Gasteiger partial charge in [-0.2, -0.15) is 0 Å². The molecule has 0 heterocycles. The van der Waals surface area contributed by atoms with E-state index < -0.39 is 0 Å². The van der Waals surface area contributed by atoms with Crippen molar-refractivity contribution in [3.05, 3.63) is 33.3 Å². The molecule has 0 bridgehead atoms. The topological polar surface area (TPSA) is 29.1 Å². The number of nitrogens with one attached hydrogen (secondary N) is 1. The number of amides is 1. The van der Waals surface area contributed by atoms with Gasteiger partial charge in [0.2, 0.25) is 0 Å². The van der Waals surface area contributed by atoms with E-state index in [2.05, 4.69) is 44.1 Å². The third-order valence-corrected chi connectivity index (χ3v) is 4.31. The lowest BCUT2D eigenvalue weighted by molar-refractivity contribution is 0.0954. The van der Waals surface area contributed by atoms with Crippen molar-refractivity contribution in [2.45, 2.75) is 18.2 Å². The number of carbonyl (C=O) groups excluding carboxylic acids is 1. The zero-order valence-electron chi connectivity index (χ0n) is 8.77. The molecule has 1 amide bonds. The fourth-order valence-corrected chi connectivity index (χ4v) is 1.68. The maximum absolute atomic E-state index is 11.7. The molecule has 0 aromatic heterocycles. The van der Waals surface area contributed by atoms with Crippen molar-refractivity contribution in [3.63, 3.8) is 0 Å². The molecule has 0 aliphatic rings. The van der Waals surface area contributed by atoms with Crippen molar-refractivity contribution < 1.29 is 4.79 Å². The van der Waals surface area contributed by atoms with E-state index in [1.807, 2.05) is 0 Å². The zero-order chi connectivity index (χ0) is 12.1. The molecule has 0 saturated carbocycles. The first kappa shape index (κ1) is 14.0. The van der Waals surface area contributed by atoms with Crippen molar-refractivity contribution in [1.29, 1.82) is 0 Å². The summed E-state index contributed by atoms with van der Waals surface area (Å²) in [6.45, 7) is 2.67. The maximum Gasteiger partial charge on any atom is 0.251 e. The van der Waals surface area contributed by atoms with Crippen molar-refractivity contribution in [1.82, 2.24) is 5.32 Å². The number of rotatable bonds is 4. The first-order valence-corrected chi connectivity index (χ1v) is 7.00. The van der Waals surface area contributed by atoms with E-state index >= 15 is 0 Å². The molecule has 1 rings (SSSR count). The number of hydrogen-bond acceptors (Lipinski definition) is 1. The highest BCUT2D eigenvalue weighted by molar-refractivity contribution is 9.10. The average Bonchev–Trinajstić information content (AvgIpc) is 2.29. The lowest BCUT2D eigenvalue weighted by atomic mass is 10.2. The monoisotopic (exact) mass is 367 g/mol. The number of halogens is 3. The molecule has 88 valence electrons. The summed E-state index contributed by atoms with van der Waals surface area (Å²) in [5.41, 5.74) is 0.573. The summed E-state index contributed by atoms with van der Waals surface area (Å²) < 4.78 is 0.789. The van der Waals surface area contributed by atoms with Gasteiger partial charge in [0.25, 0.3) is 5.91 Å². The Morgan fingerprint density at radius 1 is 1.56 bits per heavy atom. The van der Waals surface area contributed by atoms with Crippen molar-refractivity contribution in [2.24, 2.45) is 0 Å². The summed E-state index contributed by atoms with van der Waals surface area (Å²) in [7, 11) is 0. The van der Waals surface area contributed by atoms with Crippen LogP contribution in [0.1, 0.15) is 23.7 Å². The van der Waals surface area contributed by atoms with Crippen LogP contribution in [0.15, 0.2) is 22.7 Å². The second-order valence-electron chi connectivity index (χ2n) is 3.34. The van der Waals surface area contributed by atoms with Crippen molar-refractivity contribution >= 4 is 49.4 Å². The van der Waals surface area contributed by atoms with E-state index in [0.29, 0.717) is 22.0 Å². The summed E-state index contributed by atoms with van der Waals surface area (Å²) in [4.78, 5) is 12.0. The zero-order valence-corrected chi connectivity index (χ0v) is 12.7. The standard InChI is InChI=1S/C11H12Br2ClNO/c1-2-8(12)6-15-11(16)7-3-4-9(13)10(14)5-7/h3-5,8H,2,6H2,1H3,(H,15,16). The van der Waals surface area contributed by atoms with Crippen LogP contribution in [0, 0.1) is 0 Å². The highest BCUT2D eigenvalue weighted by Gasteiger charge is 2.09.